The Hall–Kier alpha value is -0.770. The predicted molar refractivity (Wildman–Crippen MR) is 104 cm³/mol. The van der Waals surface area contributed by atoms with Crippen LogP contribution in [0.3, 0.4) is 0 Å². The van der Waals surface area contributed by atoms with Gasteiger partial charge in [0.15, 0.2) is 0 Å². The van der Waals surface area contributed by atoms with Crippen LogP contribution >= 0.6 is 0 Å². The van der Waals surface area contributed by atoms with E-state index >= 15 is 0 Å². The lowest BCUT2D eigenvalue weighted by Gasteiger charge is -2.47. The number of carboxylic acid groups (broad SMARTS) is 1. The topological polar surface area (TPSA) is 43.8 Å². The Morgan fingerprint density at radius 3 is 2.52 bits per heavy atom. The van der Waals surface area contributed by atoms with Crippen molar-refractivity contribution in [3.8, 4) is 0 Å². The van der Waals surface area contributed by atoms with Crippen molar-refractivity contribution in [1.82, 2.24) is 9.80 Å². The zero-order valence-corrected chi connectivity index (χ0v) is 17.0. The van der Waals surface area contributed by atoms with Crippen molar-refractivity contribution in [1.29, 1.82) is 0 Å². The summed E-state index contributed by atoms with van der Waals surface area (Å²) in [5.74, 6) is 1.35. The summed E-state index contributed by atoms with van der Waals surface area (Å²) < 4.78 is 0. The quantitative estimate of drug-likeness (QED) is 0.712. The first-order valence-electron chi connectivity index (χ1n) is 10.6. The van der Waals surface area contributed by atoms with Crippen LogP contribution in [0.2, 0.25) is 0 Å². The van der Waals surface area contributed by atoms with Crippen molar-refractivity contribution in [3.05, 3.63) is 0 Å². The molecule has 25 heavy (non-hydrogen) atoms. The summed E-state index contributed by atoms with van der Waals surface area (Å²) >= 11 is 0. The highest BCUT2D eigenvalue weighted by molar-refractivity contribution is 5.66. The third kappa shape index (κ3) is 5.87. The second-order valence-electron chi connectivity index (χ2n) is 9.35. The number of likely N-dealkylation sites (tertiary alicyclic amines) is 1. The van der Waals surface area contributed by atoms with Crippen molar-refractivity contribution in [3.63, 3.8) is 0 Å². The van der Waals surface area contributed by atoms with Crippen molar-refractivity contribution < 1.29 is 9.90 Å². The zero-order valence-electron chi connectivity index (χ0n) is 17.0. The highest BCUT2D eigenvalue weighted by Crippen LogP contribution is 2.34. The minimum Gasteiger partial charge on any atom is -0.465 e. The monoisotopic (exact) mass is 352 g/mol. The average molecular weight is 353 g/mol. The van der Waals surface area contributed by atoms with Crippen molar-refractivity contribution in [2.45, 2.75) is 97.1 Å². The van der Waals surface area contributed by atoms with E-state index in [0.29, 0.717) is 5.92 Å². The van der Waals surface area contributed by atoms with Crippen LogP contribution in [0.5, 0.6) is 0 Å². The molecule has 1 saturated heterocycles. The lowest BCUT2D eigenvalue weighted by molar-refractivity contribution is 0.0173. The molecular formula is C21H40N2O2. The molecule has 1 saturated carbocycles. The lowest BCUT2D eigenvalue weighted by atomic mass is 9.81. The normalized spacial score (nSPS) is 28.7. The summed E-state index contributed by atoms with van der Waals surface area (Å²) in [6.07, 6.45) is 10.6. The van der Waals surface area contributed by atoms with Gasteiger partial charge in [0.1, 0.15) is 0 Å². The molecule has 1 aliphatic carbocycles. The van der Waals surface area contributed by atoms with Gasteiger partial charge >= 0.3 is 6.09 Å². The van der Waals surface area contributed by atoms with Gasteiger partial charge in [0.2, 0.25) is 0 Å². The summed E-state index contributed by atoms with van der Waals surface area (Å²) in [4.78, 5) is 16.4. The van der Waals surface area contributed by atoms with Gasteiger partial charge in [-0.3, -0.25) is 0 Å². The van der Waals surface area contributed by atoms with Crippen LogP contribution in [0.25, 0.3) is 0 Å². The van der Waals surface area contributed by atoms with Crippen LogP contribution < -0.4 is 0 Å². The minimum absolute atomic E-state index is 0.183. The van der Waals surface area contributed by atoms with Gasteiger partial charge in [0, 0.05) is 24.7 Å². The molecule has 2 fully saturated rings. The van der Waals surface area contributed by atoms with Crippen molar-refractivity contribution in [2.75, 3.05) is 19.6 Å². The van der Waals surface area contributed by atoms with Gasteiger partial charge < -0.3 is 14.9 Å². The van der Waals surface area contributed by atoms with Gasteiger partial charge in [-0.1, -0.05) is 32.6 Å². The molecule has 0 radical (unpaired) electrons. The van der Waals surface area contributed by atoms with Crippen LogP contribution in [0.1, 0.15) is 85.5 Å². The molecule has 0 aromatic rings. The van der Waals surface area contributed by atoms with Gasteiger partial charge in [-0.25, -0.2) is 4.79 Å². The molecule has 2 rings (SSSR count). The molecule has 1 unspecified atom stereocenters. The highest BCUT2D eigenvalue weighted by Gasteiger charge is 2.39. The Bertz CT molecular complexity index is 419. The Labute approximate surface area is 155 Å². The Balaban J connectivity index is 2.01. The lowest BCUT2D eigenvalue weighted by Crippen LogP contribution is -2.56. The molecule has 1 heterocycles. The van der Waals surface area contributed by atoms with Gasteiger partial charge in [0.25, 0.3) is 0 Å². The van der Waals surface area contributed by atoms with E-state index in [1.807, 2.05) is 20.8 Å². The second kappa shape index (κ2) is 9.25. The van der Waals surface area contributed by atoms with Gasteiger partial charge in [0.05, 0.1) is 0 Å². The number of unbranched alkanes of at least 4 members (excludes halogenated alkanes) is 1. The number of nitrogens with zero attached hydrogens (tertiary/aromatic N) is 2. The highest BCUT2D eigenvalue weighted by atomic mass is 16.4. The number of carbonyl (C=O) groups is 1. The van der Waals surface area contributed by atoms with Gasteiger partial charge in [-0.15, -0.1) is 0 Å². The molecule has 4 heteroatoms. The van der Waals surface area contributed by atoms with Crippen LogP contribution in [0, 0.1) is 11.8 Å². The van der Waals surface area contributed by atoms with E-state index in [9.17, 15) is 9.90 Å². The number of hydrogen-bond donors (Lipinski definition) is 1. The van der Waals surface area contributed by atoms with Crippen molar-refractivity contribution >= 4 is 6.09 Å². The Morgan fingerprint density at radius 1 is 1.16 bits per heavy atom. The molecule has 1 amide bonds. The molecule has 2 aliphatic rings. The van der Waals surface area contributed by atoms with E-state index in [2.05, 4.69) is 11.8 Å². The average Bonchev–Trinajstić information content (AvgIpc) is 2.53. The molecule has 0 spiro atoms. The van der Waals surface area contributed by atoms with Crippen molar-refractivity contribution in [2.24, 2.45) is 11.8 Å². The molecule has 1 aliphatic heterocycles. The number of amides is 1. The molecule has 3 atom stereocenters. The first kappa shape index (κ1) is 20.5. The van der Waals surface area contributed by atoms with Gasteiger partial charge in [-0.05, 0) is 71.3 Å². The van der Waals surface area contributed by atoms with E-state index < -0.39 is 6.09 Å². The van der Waals surface area contributed by atoms with E-state index in [1.165, 1.54) is 64.5 Å². The first-order valence-corrected chi connectivity index (χ1v) is 10.6. The number of rotatable bonds is 6. The van der Waals surface area contributed by atoms with Crippen LogP contribution in [-0.4, -0.2) is 52.2 Å². The smallest absolute Gasteiger partial charge is 0.407 e. The molecule has 0 aromatic carbocycles. The minimum atomic E-state index is -0.746. The fourth-order valence-electron chi connectivity index (χ4n) is 5.04. The number of piperidine rings is 1. The standard InChI is InChI=1S/C21H40N2O2/c1-5-6-10-17-11-9-14-22(15-17)16-18-12-7-8-13-19(18)23(20(24)25)21(2,3)4/h17-19H,5-16H2,1-4H3,(H,24,25)/t17?,18-,19-/m1/s1. The molecular weight excluding hydrogens is 312 g/mol. The molecule has 0 bridgehead atoms. The maximum atomic E-state index is 12.0. The van der Waals surface area contributed by atoms with Crippen LogP contribution in [0.4, 0.5) is 4.79 Å². The summed E-state index contributed by atoms with van der Waals surface area (Å²) in [6, 6.07) is 0.183. The molecule has 146 valence electrons. The third-order valence-electron chi connectivity index (χ3n) is 6.19. The summed E-state index contributed by atoms with van der Waals surface area (Å²) in [7, 11) is 0. The SMILES string of the molecule is CCCCC1CCCN(C[C@H]2CCCC[C@H]2N(C(=O)O)C(C)(C)C)C1. The van der Waals surface area contributed by atoms with E-state index in [0.717, 1.165) is 18.9 Å². The molecule has 0 aromatic heterocycles. The zero-order chi connectivity index (χ0) is 18.4. The second-order valence-corrected chi connectivity index (χ2v) is 9.35. The maximum absolute atomic E-state index is 12.0. The molecule has 4 nitrogen and oxygen atoms in total. The van der Waals surface area contributed by atoms with Crippen LogP contribution in [-0.2, 0) is 0 Å². The predicted octanol–water partition coefficient (Wildman–Crippen LogP) is 5.23. The Morgan fingerprint density at radius 2 is 1.88 bits per heavy atom. The van der Waals surface area contributed by atoms with E-state index in [1.54, 1.807) is 4.90 Å². The number of hydrogen-bond acceptors (Lipinski definition) is 2. The summed E-state index contributed by atoms with van der Waals surface area (Å²) in [6.45, 7) is 11.9. The van der Waals surface area contributed by atoms with Crippen LogP contribution in [0.15, 0.2) is 0 Å². The molecule has 1 N–H and O–H groups in total. The fraction of sp³-hybridized carbons (Fsp3) is 0.952. The largest absolute Gasteiger partial charge is 0.465 e. The maximum Gasteiger partial charge on any atom is 0.407 e. The summed E-state index contributed by atoms with van der Waals surface area (Å²) in [5, 5.41) is 9.84. The summed E-state index contributed by atoms with van der Waals surface area (Å²) in [5.41, 5.74) is -0.322. The van der Waals surface area contributed by atoms with Gasteiger partial charge in [-0.2, -0.15) is 0 Å². The first-order chi connectivity index (χ1) is 11.8. The fourth-order valence-corrected chi connectivity index (χ4v) is 5.04. The third-order valence-corrected chi connectivity index (χ3v) is 6.19. The van der Waals surface area contributed by atoms with E-state index in [-0.39, 0.29) is 11.6 Å². The Kier molecular flexibility index (Phi) is 7.60. The van der Waals surface area contributed by atoms with E-state index in [4.69, 9.17) is 0 Å².